The molecule has 0 atom stereocenters. The van der Waals surface area contributed by atoms with Crippen LogP contribution in [0.2, 0.25) is 5.02 Å². The summed E-state index contributed by atoms with van der Waals surface area (Å²) in [5, 5.41) is 6.61. The Morgan fingerprint density at radius 1 is 1.44 bits per heavy atom. The van der Waals surface area contributed by atoms with Gasteiger partial charge >= 0.3 is 0 Å². The van der Waals surface area contributed by atoms with Crippen molar-refractivity contribution in [3.63, 3.8) is 0 Å². The number of hydrogen-bond acceptors (Lipinski definition) is 4. The minimum absolute atomic E-state index is 0.189. The van der Waals surface area contributed by atoms with E-state index in [1.807, 2.05) is 0 Å². The van der Waals surface area contributed by atoms with Crippen molar-refractivity contribution in [2.45, 2.75) is 0 Å². The SMILES string of the molecule is Nc1cc(Cl)ccc1NC(=O)c1ccon1. The molecule has 0 aliphatic rings. The van der Waals surface area contributed by atoms with Crippen molar-refractivity contribution in [3.05, 3.63) is 41.2 Å². The molecule has 1 aromatic carbocycles. The second-order valence-electron chi connectivity index (χ2n) is 3.07. The van der Waals surface area contributed by atoms with Crippen molar-refractivity contribution in [1.29, 1.82) is 0 Å². The summed E-state index contributed by atoms with van der Waals surface area (Å²) in [5.41, 5.74) is 6.75. The number of nitrogens with zero attached hydrogens (tertiary/aromatic N) is 1. The van der Waals surface area contributed by atoms with Gasteiger partial charge in [0.05, 0.1) is 11.4 Å². The Morgan fingerprint density at radius 2 is 2.25 bits per heavy atom. The first-order valence-electron chi connectivity index (χ1n) is 4.43. The second-order valence-corrected chi connectivity index (χ2v) is 3.51. The Balaban J connectivity index is 2.18. The fourth-order valence-electron chi connectivity index (χ4n) is 1.16. The number of anilines is 2. The molecule has 0 spiro atoms. The summed E-state index contributed by atoms with van der Waals surface area (Å²) in [5.74, 6) is -0.386. The summed E-state index contributed by atoms with van der Waals surface area (Å²) >= 11 is 5.73. The van der Waals surface area contributed by atoms with Crippen molar-refractivity contribution in [2.24, 2.45) is 0 Å². The Labute approximate surface area is 96.2 Å². The number of aromatic nitrogens is 1. The zero-order chi connectivity index (χ0) is 11.5. The van der Waals surface area contributed by atoms with Gasteiger partial charge in [-0.1, -0.05) is 16.8 Å². The average molecular weight is 238 g/mol. The molecule has 0 radical (unpaired) electrons. The first-order valence-corrected chi connectivity index (χ1v) is 4.81. The number of nitrogens with one attached hydrogen (secondary N) is 1. The highest BCUT2D eigenvalue weighted by Gasteiger charge is 2.10. The van der Waals surface area contributed by atoms with Crippen LogP contribution in [-0.2, 0) is 0 Å². The molecule has 1 aromatic heterocycles. The zero-order valence-corrected chi connectivity index (χ0v) is 8.86. The minimum Gasteiger partial charge on any atom is -0.397 e. The fraction of sp³-hybridized carbons (Fsp3) is 0. The van der Waals surface area contributed by atoms with E-state index in [0.29, 0.717) is 16.4 Å². The molecule has 6 heteroatoms. The maximum atomic E-state index is 11.6. The third-order valence-electron chi connectivity index (χ3n) is 1.93. The van der Waals surface area contributed by atoms with Crippen LogP contribution in [0.5, 0.6) is 0 Å². The maximum Gasteiger partial charge on any atom is 0.277 e. The first kappa shape index (κ1) is 10.5. The van der Waals surface area contributed by atoms with Gasteiger partial charge in [0.15, 0.2) is 5.69 Å². The van der Waals surface area contributed by atoms with Gasteiger partial charge in [0.25, 0.3) is 5.91 Å². The summed E-state index contributed by atoms with van der Waals surface area (Å²) in [7, 11) is 0. The molecule has 1 heterocycles. The Morgan fingerprint density at radius 3 is 2.88 bits per heavy atom. The normalized spacial score (nSPS) is 10.1. The van der Waals surface area contributed by atoms with E-state index in [4.69, 9.17) is 17.3 Å². The van der Waals surface area contributed by atoms with E-state index >= 15 is 0 Å². The van der Waals surface area contributed by atoms with Gasteiger partial charge in [0, 0.05) is 11.1 Å². The van der Waals surface area contributed by atoms with Crippen LogP contribution >= 0.6 is 11.6 Å². The van der Waals surface area contributed by atoms with Crippen LogP contribution in [0.4, 0.5) is 11.4 Å². The molecule has 16 heavy (non-hydrogen) atoms. The van der Waals surface area contributed by atoms with E-state index in [0.717, 1.165) is 0 Å². The smallest absolute Gasteiger partial charge is 0.277 e. The molecule has 0 aliphatic heterocycles. The number of benzene rings is 1. The molecular formula is C10H8ClN3O2. The number of halogens is 1. The zero-order valence-electron chi connectivity index (χ0n) is 8.11. The molecule has 0 fully saturated rings. The molecule has 2 rings (SSSR count). The summed E-state index contributed by atoms with van der Waals surface area (Å²) in [4.78, 5) is 11.6. The predicted octanol–water partition coefficient (Wildman–Crippen LogP) is 2.16. The Bertz CT molecular complexity index is 511. The van der Waals surface area contributed by atoms with E-state index in [9.17, 15) is 4.79 Å². The molecule has 1 amide bonds. The van der Waals surface area contributed by atoms with E-state index < -0.39 is 0 Å². The van der Waals surface area contributed by atoms with Crippen LogP contribution < -0.4 is 11.1 Å². The Hall–Kier alpha value is -2.01. The number of nitrogen functional groups attached to an aromatic ring is 1. The van der Waals surface area contributed by atoms with Crippen molar-refractivity contribution in [2.75, 3.05) is 11.1 Å². The summed E-state index contributed by atoms with van der Waals surface area (Å²) in [6, 6.07) is 6.27. The first-order chi connectivity index (χ1) is 7.66. The monoisotopic (exact) mass is 237 g/mol. The lowest BCUT2D eigenvalue weighted by Crippen LogP contribution is -2.13. The standard InChI is InChI=1S/C10H8ClN3O2/c11-6-1-2-8(7(12)5-6)13-10(15)9-3-4-16-14-9/h1-5H,12H2,(H,13,15). The quantitative estimate of drug-likeness (QED) is 0.785. The van der Waals surface area contributed by atoms with Crippen LogP contribution in [0.25, 0.3) is 0 Å². The van der Waals surface area contributed by atoms with Gasteiger partial charge in [-0.15, -0.1) is 0 Å². The minimum atomic E-state index is -0.386. The number of rotatable bonds is 2. The van der Waals surface area contributed by atoms with Crippen molar-refractivity contribution in [1.82, 2.24) is 5.16 Å². The summed E-state index contributed by atoms with van der Waals surface area (Å²) in [6.07, 6.45) is 1.32. The number of hydrogen-bond donors (Lipinski definition) is 2. The molecule has 0 saturated carbocycles. The lowest BCUT2D eigenvalue weighted by Gasteiger charge is -2.06. The highest BCUT2D eigenvalue weighted by molar-refractivity contribution is 6.31. The lowest BCUT2D eigenvalue weighted by atomic mass is 10.2. The number of nitrogens with two attached hydrogens (primary N) is 1. The van der Waals surface area contributed by atoms with E-state index in [-0.39, 0.29) is 11.6 Å². The summed E-state index contributed by atoms with van der Waals surface area (Å²) < 4.78 is 4.56. The molecule has 5 nitrogen and oxygen atoms in total. The molecular weight excluding hydrogens is 230 g/mol. The Kier molecular flexibility index (Phi) is 2.78. The predicted molar refractivity (Wildman–Crippen MR) is 60.3 cm³/mol. The highest BCUT2D eigenvalue weighted by Crippen LogP contribution is 2.22. The second kappa shape index (κ2) is 4.24. The van der Waals surface area contributed by atoms with Crippen LogP contribution in [-0.4, -0.2) is 11.1 Å². The number of amides is 1. The van der Waals surface area contributed by atoms with Gasteiger partial charge in [0.2, 0.25) is 0 Å². The van der Waals surface area contributed by atoms with Gasteiger partial charge in [-0.3, -0.25) is 4.79 Å². The van der Waals surface area contributed by atoms with Crippen molar-refractivity contribution in [3.8, 4) is 0 Å². The summed E-state index contributed by atoms with van der Waals surface area (Å²) in [6.45, 7) is 0. The van der Waals surface area contributed by atoms with Gasteiger partial charge in [0.1, 0.15) is 6.26 Å². The molecule has 0 unspecified atom stereocenters. The van der Waals surface area contributed by atoms with Gasteiger partial charge < -0.3 is 15.6 Å². The van der Waals surface area contributed by atoms with E-state index in [1.54, 1.807) is 18.2 Å². The highest BCUT2D eigenvalue weighted by atomic mass is 35.5. The molecule has 0 bridgehead atoms. The molecule has 0 aliphatic carbocycles. The van der Waals surface area contributed by atoms with Crippen molar-refractivity contribution < 1.29 is 9.32 Å². The van der Waals surface area contributed by atoms with Gasteiger partial charge in [-0.2, -0.15) is 0 Å². The van der Waals surface area contributed by atoms with Crippen LogP contribution in [0.1, 0.15) is 10.5 Å². The van der Waals surface area contributed by atoms with Crippen LogP contribution in [0, 0.1) is 0 Å². The third kappa shape index (κ3) is 2.14. The van der Waals surface area contributed by atoms with E-state index in [2.05, 4.69) is 15.0 Å². The van der Waals surface area contributed by atoms with Crippen LogP contribution in [0.3, 0.4) is 0 Å². The average Bonchev–Trinajstić information content (AvgIpc) is 2.75. The molecule has 2 aromatic rings. The van der Waals surface area contributed by atoms with Crippen LogP contribution in [0.15, 0.2) is 35.1 Å². The topological polar surface area (TPSA) is 81.1 Å². The number of carbonyl (C=O) groups excluding carboxylic acids is 1. The van der Waals surface area contributed by atoms with Gasteiger partial charge in [-0.05, 0) is 18.2 Å². The van der Waals surface area contributed by atoms with E-state index in [1.165, 1.54) is 12.3 Å². The number of carbonyl (C=O) groups is 1. The maximum absolute atomic E-state index is 11.6. The molecule has 82 valence electrons. The van der Waals surface area contributed by atoms with Gasteiger partial charge in [-0.25, -0.2) is 0 Å². The fourth-order valence-corrected chi connectivity index (χ4v) is 1.34. The third-order valence-corrected chi connectivity index (χ3v) is 2.17. The van der Waals surface area contributed by atoms with Crippen molar-refractivity contribution >= 4 is 28.9 Å². The molecule has 0 saturated heterocycles. The lowest BCUT2D eigenvalue weighted by molar-refractivity contribution is 0.101. The largest absolute Gasteiger partial charge is 0.397 e. The molecule has 3 N–H and O–H groups in total.